The SMILES string of the molecule is CC(=O)OC[C@@H]1O[C@@H](N=C=S)[C@@H](OC(C)=O)[C@@H](OC(C)=O)[C@H]1OC(C)=O. The molecule has 1 heterocycles. The summed E-state index contributed by atoms with van der Waals surface area (Å²) in [5.74, 6) is -2.74. The van der Waals surface area contributed by atoms with Crippen LogP contribution in [0.25, 0.3) is 0 Å². The molecule has 0 unspecified atom stereocenters. The molecule has 0 amide bonds. The van der Waals surface area contributed by atoms with Gasteiger partial charge in [0.1, 0.15) is 12.7 Å². The van der Waals surface area contributed by atoms with Crippen LogP contribution in [-0.2, 0) is 42.9 Å². The Hall–Kier alpha value is -2.36. The van der Waals surface area contributed by atoms with Gasteiger partial charge in [0.25, 0.3) is 0 Å². The highest BCUT2D eigenvalue weighted by Gasteiger charge is 2.52. The number of nitrogens with zero attached hydrogens (tertiary/aromatic N) is 1. The molecule has 0 aromatic heterocycles. The van der Waals surface area contributed by atoms with E-state index in [0.717, 1.165) is 20.8 Å². The van der Waals surface area contributed by atoms with Crippen molar-refractivity contribution in [2.45, 2.75) is 58.3 Å². The molecule has 0 N–H and O–H groups in total. The Bertz CT molecular complexity index is 616. The number of carbonyl (C=O) groups is 4. The fourth-order valence-electron chi connectivity index (χ4n) is 2.36. The zero-order chi connectivity index (χ0) is 19.9. The maximum absolute atomic E-state index is 11.5. The maximum Gasteiger partial charge on any atom is 0.303 e. The number of hydrogen-bond acceptors (Lipinski definition) is 11. The smallest absolute Gasteiger partial charge is 0.303 e. The number of hydrogen-bond donors (Lipinski definition) is 0. The predicted octanol–water partition coefficient (Wildman–Crippen LogP) is 0.172. The summed E-state index contributed by atoms with van der Waals surface area (Å²) < 4.78 is 26.0. The van der Waals surface area contributed by atoms with Gasteiger partial charge in [0.05, 0.1) is 5.16 Å². The molecule has 10 nitrogen and oxygen atoms in total. The largest absolute Gasteiger partial charge is 0.463 e. The number of carbonyl (C=O) groups excluding carboxylic acids is 4. The molecule has 5 atom stereocenters. The van der Waals surface area contributed by atoms with Gasteiger partial charge in [-0.15, -0.1) is 0 Å². The molecular formula is C15H19NO9S. The molecule has 144 valence electrons. The van der Waals surface area contributed by atoms with E-state index in [0.29, 0.717) is 0 Å². The lowest BCUT2D eigenvalue weighted by Crippen LogP contribution is -2.61. The Balaban J connectivity index is 3.28. The Morgan fingerprint density at radius 3 is 1.85 bits per heavy atom. The number of isothiocyanates is 1. The molecule has 1 aliphatic heterocycles. The van der Waals surface area contributed by atoms with E-state index in [9.17, 15) is 19.2 Å². The molecule has 26 heavy (non-hydrogen) atoms. The van der Waals surface area contributed by atoms with Crippen LogP contribution in [0.5, 0.6) is 0 Å². The fraction of sp³-hybridized carbons (Fsp3) is 0.667. The first-order chi connectivity index (χ1) is 12.1. The van der Waals surface area contributed by atoms with Crippen molar-refractivity contribution in [1.29, 1.82) is 0 Å². The van der Waals surface area contributed by atoms with Gasteiger partial charge in [-0.25, -0.2) is 0 Å². The van der Waals surface area contributed by atoms with Gasteiger partial charge in [-0.05, 0) is 12.2 Å². The molecule has 1 aliphatic rings. The van der Waals surface area contributed by atoms with E-state index in [1.165, 1.54) is 6.92 Å². The van der Waals surface area contributed by atoms with Gasteiger partial charge in [0.2, 0.25) is 0 Å². The summed E-state index contributed by atoms with van der Waals surface area (Å²) in [6, 6.07) is 0. The van der Waals surface area contributed by atoms with Crippen molar-refractivity contribution in [1.82, 2.24) is 0 Å². The zero-order valence-corrected chi connectivity index (χ0v) is 15.4. The van der Waals surface area contributed by atoms with Crippen molar-refractivity contribution in [3.8, 4) is 0 Å². The van der Waals surface area contributed by atoms with Crippen LogP contribution < -0.4 is 0 Å². The van der Waals surface area contributed by atoms with Crippen LogP contribution in [0.4, 0.5) is 0 Å². The number of aliphatic imine (C=N–C) groups is 1. The molecule has 0 aromatic rings. The van der Waals surface area contributed by atoms with Gasteiger partial charge in [-0.3, -0.25) is 19.2 Å². The highest BCUT2D eigenvalue weighted by molar-refractivity contribution is 7.78. The summed E-state index contributed by atoms with van der Waals surface area (Å²) in [5.41, 5.74) is 0. The van der Waals surface area contributed by atoms with E-state index in [-0.39, 0.29) is 6.61 Å². The molecule has 11 heteroatoms. The molecule has 0 aliphatic carbocycles. The van der Waals surface area contributed by atoms with Crippen LogP contribution in [0, 0.1) is 0 Å². The van der Waals surface area contributed by atoms with Crippen molar-refractivity contribution in [3.63, 3.8) is 0 Å². The monoisotopic (exact) mass is 389 g/mol. The summed E-state index contributed by atoms with van der Waals surface area (Å²) >= 11 is 4.55. The van der Waals surface area contributed by atoms with Gasteiger partial charge in [-0.1, -0.05) is 0 Å². The molecular weight excluding hydrogens is 370 g/mol. The lowest BCUT2D eigenvalue weighted by molar-refractivity contribution is -0.250. The Morgan fingerprint density at radius 1 is 0.885 bits per heavy atom. The predicted molar refractivity (Wildman–Crippen MR) is 87.0 cm³/mol. The van der Waals surface area contributed by atoms with E-state index in [1.807, 2.05) is 0 Å². The zero-order valence-electron chi connectivity index (χ0n) is 14.6. The van der Waals surface area contributed by atoms with E-state index in [4.69, 9.17) is 23.7 Å². The van der Waals surface area contributed by atoms with Crippen LogP contribution in [0.15, 0.2) is 4.99 Å². The summed E-state index contributed by atoms with van der Waals surface area (Å²) in [6.45, 7) is 4.26. The van der Waals surface area contributed by atoms with Crippen molar-refractivity contribution < 1.29 is 42.9 Å². The Morgan fingerprint density at radius 2 is 1.38 bits per heavy atom. The van der Waals surface area contributed by atoms with Gasteiger partial charge >= 0.3 is 23.9 Å². The lowest BCUT2D eigenvalue weighted by Gasteiger charge is -2.42. The first-order valence-corrected chi connectivity index (χ1v) is 7.94. The molecule has 0 aromatic carbocycles. The summed E-state index contributed by atoms with van der Waals surface area (Å²) in [5, 5.41) is 2.09. The highest BCUT2D eigenvalue weighted by atomic mass is 32.1. The Labute approximate surface area is 154 Å². The fourth-order valence-corrected chi connectivity index (χ4v) is 2.47. The van der Waals surface area contributed by atoms with Crippen LogP contribution in [-0.4, -0.2) is 66.3 Å². The lowest BCUT2D eigenvalue weighted by atomic mass is 9.97. The average molecular weight is 389 g/mol. The minimum atomic E-state index is -1.26. The summed E-state index contributed by atoms with van der Waals surface area (Å²) in [6.07, 6.45) is -5.96. The second-order valence-electron chi connectivity index (χ2n) is 5.31. The van der Waals surface area contributed by atoms with Crippen molar-refractivity contribution in [3.05, 3.63) is 0 Å². The van der Waals surface area contributed by atoms with Gasteiger partial charge in [0.15, 0.2) is 24.5 Å². The van der Waals surface area contributed by atoms with E-state index in [1.54, 1.807) is 0 Å². The van der Waals surface area contributed by atoms with Crippen molar-refractivity contribution in [2.24, 2.45) is 4.99 Å². The summed E-state index contributed by atoms with van der Waals surface area (Å²) in [7, 11) is 0. The standard InChI is InChI=1S/C15H19NO9S/c1-7(17)21-5-11-12(22-8(2)18)13(23-9(3)19)14(24-10(4)20)15(25-11)16-6-26/h11-15H,5H2,1-4H3/t11-,12-,13-,14-,15+/m0/s1. The van der Waals surface area contributed by atoms with E-state index >= 15 is 0 Å². The first-order valence-electron chi connectivity index (χ1n) is 7.53. The number of thiocarbonyl (C=S) groups is 1. The van der Waals surface area contributed by atoms with Crippen LogP contribution in [0.2, 0.25) is 0 Å². The third-order valence-electron chi connectivity index (χ3n) is 3.15. The van der Waals surface area contributed by atoms with Crippen LogP contribution >= 0.6 is 12.2 Å². The molecule has 0 spiro atoms. The third-order valence-corrected chi connectivity index (χ3v) is 3.25. The number of rotatable bonds is 6. The number of esters is 4. The van der Waals surface area contributed by atoms with E-state index < -0.39 is 54.5 Å². The van der Waals surface area contributed by atoms with Gasteiger partial charge < -0.3 is 23.7 Å². The molecule has 0 bridgehead atoms. The van der Waals surface area contributed by atoms with Crippen LogP contribution in [0.1, 0.15) is 27.7 Å². The molecule has 1 fully saturated rings. The molecule has 0 saturated carbocycles. The quantitative estimate of drug-likeness (QED) is 0.268. The first kappa shape index (κ1) is 21.7. The summed E-state index contributed by atoms with van der Waals surface area (Å²) in [4.78, 5) is 49.3. The minimum Gasteiger partial charge on any atom is -0.463 e. The Kier molecular flexibility index (Phi) is 8.30. The van der Waals surface area contributed by atoms with Gasteiger partial charge in [-0.2, -0.15) is 4.99 Å². The number of ether oxygens (including phenoxy) is 5. The average Bonchev–Trinajstić information content (AvgIpc) is 2.50. The van der Waals surface area contributed by atoms with Gasteiger partial charge in [0, 0.05) is 27.7 Å². The van der Waals surface area contributed by atoms with Crippen molar-refractivity contribution in [2.75, 3.05) is 6.61 Å². The second kappa shape index (κ2) is 9.95. The molecule has 0 radical (unpaired) electrons. The molecule has 1 saturated heterocycles. The highest BCUT2D eigenvalue weighted by Crippen LogP contribution is 2.29. The van der Waals surface area contributed by atoms with Crippen molar-refractivity contribution >= 4 is 41.3 Å². The minimum absolute atomic E-state index is 0.318. The molecule has 1 rings (SSSR count). The maximum atomic E-state index is 11.5. The normalized spacial score (nSPS) is 27.5. The third kappa shape index (κ3) is 6.51. The second-order valence-corrected chi connectivity index (χ2v) is 5.49. The van der Waals surface area contributed by atoms with Crippen LogP contribution in [0.3, 0.4) is 0 Å². The topological polar surface area (TPSA) is 127 Å². The van der Waals surface area contributed by atoms with E-state index in [2.05, 4.69) is 22.4 Å².